The highest BCUT2D eigenvalue weighted by Gasteiger charge is 2.26. The lowest BCUT2D eigenvalue weighted by Gasteiger charge is -2.23. The second-order valence-electron chi connectivity index (χ2n) is 7.81. The molecule has 0 aliphatic carbocycles. The summed E-state index contributed by atoms with van der Waals surface area (Å²) in [6.45, 7) is 3.84. The number of aromatic nitrogens is 1. The zero-order valence-corrected chi connectivity index (χ0v) is 20.0. The summed E-state index contributed by atoms with van der Waals surface area (Å²) in [5, 5.41) is 3.21. The number of hydrogen-bond donors (Lipinski definition) is 0. The summed E-state index contributed by atoms with van der Waals surface area (Å²) >= 11 is 7.66. The highest BCUT2D eigenvalue weighted by atomic mass is 35.5. The first-order valence-electron chi connectivity index (χ1n) is 10.6. The van der Waals surface area contributed by atoms with Crippen molar-refractivity contribution in [3.63, 3.8) is 0 Å². The zero-order chi connectivity index (χ0) is 22.7. The Bertz CT molecular complexity index is 1250. The van der Waals surface area contributed by atoms with Crippen LogP contribution in [0.3, 0.4) is 0 Å². The maximum atomic E-state index is 14.0. The van der Waals surface area contributed by atoms with Crippen LogP contribution in [0.1, 0.15) is 23.7 Å². The minimum Gasteiger partial charge on any atom is -0.493 e. The van der Waals surface area contributed by atoms with Crippen LogP contribution in [-0.2, 0) is 0 Å². The Morgan fingerprint density at radius 1 is 1.09 bits per heavy atom. The molecule has 0 atom stereocenters. The standard InChI is InChI=1S/C25H26ClN3O2S/c1-4-31-21-13-10-17-8-5-6-9-19(17)23(21)24(30)29(15-7-14-28(2)3)25-27-20-12-11-18(26)16-22(20)32-25/h5-6,8-13,16H,4,7,14-15H2,1-3H3. The molecule has 0 aliphatic rings. The van der Waals surface area contributed by atoms with Crippen molar-refractivity contribution in [2.75, 3.05) is 38.7 Å². The van der Waals surface area contributed by atoms with Crippen LogP contribution in [0, 0.1) is 0 Å². The van der Waals surface area contributed by atoms with E-state index >= 15 is 0 Å². The van der Waals surface area contributed by atoms with E-state index in [2.05, 4.69) is 4.90 Å². The third kappa shape index (κ3) is 4.72. The summed E-state index contributed by atoms with van der Waals surface area (Å²) in [5.41, 5.74) is 1.41. The van der Waals surface area contributed by atoms with E-state index in [0.717, 1.165) is 34.0 Å². The first-order chi connectivity index (χ1) is 15.5. The van der Waals surface area contributed by atoms with Crippen molar-refractivity contribution in [3.05, 3.63) is 65.2 Å². The van der Waals surface area contributed by atoms with Crippen LogP contribution in [0.25, 0.3) is 21.0 Å². The predicted molar refractivity (Wildman–Crippen MR) is 135 cm³/mol. The van der Waals surface area contributed by atoms with Crippen molar-refractivity contribution >= 4 is 55.0 Å². The molecule has 1 amide bonds. The van der Waals surface area contributed by atoms with Gasteiger partial charge in [-0.05, 0) is 69.0 Å². The average Bonchev–Trinajstić information content (AvgIpc) is 3.19. The van der Waals surface area contributed by atoms with Gasteiger partial charge in [-0.3, -0.25) is 9.69 Å². The Morgan fingerprint density at radius 2 is 1.91 bits per heavy atom. The molecule has 0 bridgehead atoms. The Labute approximate surface area is 197 Å². The van der Waals surface area contributed by atoms with Gasteiger partial charge in [-0.1, -0.05) is 53.3 Å². The van der Waals surface area contributed by atoms with E-state index in [0.29, 0.717) is 34.6 Å². The minimum absolute atomic E-state index is 0.103. The second-order valence-corrected chi connectivity index (χ2v) is 9.26. The Morgan fingerprint density at radius 3 is 2.69 bits per heavy atom. The van der Waals surface area contributed by atoms with Crippen molar-refractivity contribution < 1.29 is 9.53 Å². The van der Waals surface area contributed by atoms with Gasteiger partial charge in [0.15, 0.2) is 5.13 Å². The van der Waals surface area contributed by atoms with E-state index in [1.807, 2.05) is 75.6 Å². The van der Waals surface area contributed by atoms with Crippen LogP contribution in [0.4, 0.5) is 5.13 Å². The monoisotopic (exact) mass is 467 g/mol. The fourth-order valence-electron chi connectivity index (χ4n) is 3.71. The lowest BCUT2D eigenvalue weighted by Crippen LogP contribution is -2.34. The van der Waals surface area contributed by atoms with Crippen molar-refractivity contribution in [1.82, 2.24) is 9.88 Å². The van der Waals surface area contributed by atoms with E-state index in [4.69, 9.17) is 21.3 Å². The van der Waals surface area contributed by atoms with Crippen LogP contribution in [-0.4, -0.2) is 49.6 Å². The Hall–Kier alpha value is -2.67. The van der Waals surface area contributed by atoms with Gasteiger partial charge in [-0.2, -0.15) is 0 Å². The number of carbonyl (C=O) groups is 1. The molecule has 0 saturated carbocycles. The normalized spacial score (nSPS) is 11.4. The summed E-state index contributed by atoms with van der Waals surface area (Å²) in [6, 6.07) is 17.4. The number of anilines is 1. The maximum Gasteiger partial charge on any atom is 0.264 e. The Balaban J connectivity index is 1.81. The van der Waals surface area contributed by atoms with Gasteiger partial charge < -0.3 is 9.64 Å². The maximum absolute atomic E-state index is 14.0. The molecule has 0 N–H and O–H groups in total. The number of nitrogens with zero attached hydrogens (tertiary/aromatic N) is 3. The molecule has 4 aromatic rings. The van der Waals surface area contributed by atoms with Gasteiger partial charge in [0, 0.05) is 11.6 Å². The molecule has 0 radical (unpaired) electrons. The third-order valence-corrected chi connectivity index (χ3v) is 6.48. The molecule has 0 fully saturated rings. The fraction of sp³-hybridized carbons (Fsp3) is 0.280. The highest BCUT2D eigenvalue weighted by molar-refractivity contribution is 7.22. The molecule has 7 heteroatoms. The van der Waals surface area contributed by atoms with Gasteiger partial charge in [-0.15, -0.1) is 0 Å². The number of carbonyl (C=O) groups excluding carboxylic acids is 1. The van der Waals surface area contributed by atoms with Gasteiger partial charge in [-0.25, -0.2) is 4.98 Å². The number of fused-ring (bicyclic) bond motifs is 2. The van der Waals surface area contributed by atoms with Crippen LogP contribution in [0.2, 0.25) is 5.02 Å². The van der Waals surface area contributed by atoms with Crippen molar-refractivity contribution in [2.45, 2.75) is 13.3 Å². The topological polar surface area (TPSA) is 45.7 Å². The zero-order valence-electron chi connectivity index (χ0n) is 18.5. The summed E-state index contributed by atoms with van der Waals surface area (Å²) < 4.78 is 6.84. The van der Waals surface area contributed by atoms with E-state index in [9.17, 15) is 4.79 Å². The first-order valence-corrected chi connectivity index (χ1v) is 11.8. The molecule has 1 aromatic heterocycles. The molecular formula is C25H26ClN3O2S. The molecular weight excluding hydrogens is 442 g/mol. The molecule has 1 heterocycles. The number of ether oxygens (including phenoxy) is 1. The third-order valence-electron chi connectivity index (χ3n) is 5.21. The smallest absolute Gasteiger partial charge is 0.264 e. The van der Waals surface area contributed by atoms with Crippen LogP contribution in [0.5, 0.6) is 5.75 Å². The van der Waals surface area contributed by atoms with Gasteiger partial charge in [0.2, 0.25) is 0 Å². The molecule has 0 saturated heterocycles. The molecule has 32 heavy (non-hydrogen) atoms. The van der Waals surface area contributed by atoms with E-state index in [1.54, 1.807) is 4.90 Å². The van der Waals surface area contributed by atoms with E-state index in [-0.39, 0.29) is 5.91 Å². The van der Waals surface area contributed by atoms with Gasteiger partial charge >= 0.3 is 0 Å². The van der Waals surface area contributed by atoms with E-state index < -0.39 is 0 Å². The lowest BCUT2D eigenvalue weighted by molar-refractivity contribution is 0.0984. The predicted octanol–water partition coefficient (Wildman–Crippen LogP) is 6.10. The van der Waals surface area contributed by atoms with Gasteiger partial charge in [0.25, 0.3) is 5.91 Å². The highest BCUT2D eigenvalue weighted by Crippen LogP contribution is 2.35. The fourth-order valence-corrected chi connectivity index (χ4v) is 4.98. The summed E-state index contributed by atoms with van der Waals surface area (Å²) in [4.78, 5) is 22.7. The van der Waals surface area contributed by atoms with Crippen LogP contribution in [0.15, 0.2) is 54.6 Å². The SMILES string of the molecule is CCOc1ccc2ccccc2c1C(=O)N(CCCN(C)C)c1nc2ccc(Cl)cc2s1. The summed E-state index contributed by atoms with van der Waals surface area (Å²) in [6.07, 6.45) is 0.824. The molecule has 5 nitrogen and oxygen atoms in total. The number of amides is 1. The van der Waals surface area contributed by atoms with Crippen LogP contribution >= 0.6 is 22.9 Å². The van der Waals surface area contributed by atoms with Crippen molar-refractivity contribution in [1.29, 1.82) is 0 Å². The van der Waals surface area contributed by atoms with E-state index in [1.165, 1.54) is 11.3 Å². The minimum atomic E-state index is -0.103. The molecule has 166 valence electrons. The Kier molecular flexibility index (Phi) is 6.94. The molecule has 0 spiro atoms. The van der Waals surface area contributed by atoms with Crippen molar-refractivity contribution in [2.24, 2.45) is 0 Å². The molecule has 0 unspecified atom stereocenters. The number of hydrogen-bond acceptors (Lipinski definition) is 5. The van der Waals surface area contributed by atoms with Crippen LogP contribution < -0.4 is 9.64 Å². The quantitative estimate of drug-likeness (QED) is 0.314. The number of rotatable bonds is 8. The second kappa shape index (κ2) is 9.86. The molecule has 0 aliphatic heterocycles. The summed E-state index contributed by atoms with van der Waals surface area (Å²) in [7, 11) is 4.06. The number of halogens is 1. The summed E-state index contributed by atoms with van der Waals surface area (Å²) in [5.74, 6) is 0.493. The van der Waals surface area contributed by atoms with Gasteiger partial charge in [0.05, 0.1) is 22.4 Å². The molecule has 3 aromatic carbocycles. The largest absolute Gasteiger partial charge is 0.493 e. The molecule has 4 rings (SSSR count). The van der Waals surface area contributed by atoms with Crippen molar-refractivity contribution in [3.8, 4) is 5.75 Å². The number of benzene rings is 3. The average molecular weight is 468 g/mol. The number of thiazole rings is 1. The lowest BCUT2D eigenvalue weighted by atomic mass is 10.0. The van der Waals surface area contributed by atoms with Gasteiger partial charge in [0.1, 0.15) is 5.75 Å². The first kappa shape index (κ1) is 22.5.